The molecule has 2 N–H and O–H groups in total. The lowest BCUT2D eigenvalue weighted by atomic mass is 9.75. The van der Waals surface area contributed by atoms with Crippen LogP contribution in [0.3, 0.4) is 0 Å². The van der Waals surface area contributed by atoms with Gasteiger partial charge in [-0.2, -0.15) is 0 Å². The lowest BCUT2D eigenvalue weighted by Crippen LogP contribution is -2.52. The number of carbonyl (C=O) groups excluding carboxylic acids is 3. The van der Waals surface area contributed by atoms with Gasteiger partial charge in [-0.3, -0.25) is 24.6 Å². The zero-order chi connectivity index (χ0) is 39.2. The summed E-state index contributed by atoms with van der Waals surface area (Å²) in [5.41, 5.74) is 6.97. The molecule has 3 fully saturated rings. The lowest BCUT2D eigenvalue weighted by molar-refractivity contribution is -0.136. The fraction of sp³-hybridized carbons (Fsp3) is 0.400. The Bertz CT molecular complexity index is 2180. The molecule has 0 aliphatic carbocycles. The Labute approximate surface area is 331 Å². The van der Waals surface area contributed by atoms with Crippen LogP contribution < -0.4 is 24.6 Å². The van der Waals surface area contributed by atoms with Crippen LogP contribution in [0.15, 0.2) is 78.9 Å². The fourth-order valence-electron chi connectivity index (χ4n) is 9.58. The van der Waals surface area contributed by atoms with Gasteiger partial charge in [0.05, 0.1) is 13.7 Å². The van der Waals surface area contributed by atoms with Gasteiger partial charge in [0, 0.05) is 99.2 Å². The summed E-state index contributed by atoms with van der Waals surface area (Å²) >= 11 is 0. The van der Waals surface area contributed by atoms with Gasteiger partial charge in [-0.05, 0) is 90.4 Å². The van der Waals surface area contributed by atoms with Crippen molar-refractivity contribution < 1.29 is 33.4 Å². The first-order chi connectivity index (χ1) is 27.7. The van der Waals surface area contributed by atoms with Gasteiger partial charge in [0.25, 0.3) is 5.91 Å². The van der Waals surface area contributed by atoms with Gasteiger partial charge < -0.3 is 29.3 Å². The van der Waals surface area contributed by atoms with E-state index in [0.717, 1.165) is 86.6 Å². The number of hydrogen-bond acceptors (Lipinski definition) is 9. The second kappa shape index (κ2) is 15.4. The van der Waals surface area contributed by atoms with Crippen LogP contribution >= 0.6 is 0 Å². The summed E-state index contributed by atoms with van der Waals surface area (Å²) in [5.74, 6) is 0.354. The number of nitrogens with zero attached hydrogens (tertiary/aromatic N) is 4. The van der Waals surface area contributed by atoms with E-state index < -0.39 is 11.9 Å². The highest BCUT2D eigenvalue weighted by atomic mass is 19.1. The number of piperazine rings is 1. The summed E-state index contributed by atoms with van der Waals surface area (Å²) in [7, 11) is 1.48. The fourth-order valence-corrected chi connectivity index (χ4v) is 9.58. The summed E-state index contributed by atoms with van der Waals surface area (Å²) in [6.07, 6.45) is 2.88. The molecular weight excluding hydrogens is 726 g/mol. The number of halogens is 1. The number of carbonyl (C=O) groups is 3. The van der Waals surface area contributed by atoms with Crippen LogP contribution in [0.5, 0.6) is 17.2 Å². The number of fused-ring (bicyclic) bond motifs is 2. The first kappa shape index (κ1) is 37.0. The normalized spacial score (nSPS) is 22.9. The van der Waals surface area contributed by atoms with Crippen molar-refractivity contribution in [1.82, 2.24) is 15.1 Å². The Morgan fingerprint density at radius 1 is 0.825 bits per heavy atom. The molecule has 11 nitrogen and oxygen atoms in total. The number of phenolic OH excluding ortho intramolecular Hbond substituents is 1. The van der Waals surface area contributed by atoms with Crippen LogP contribution in [-0.4, -0.2) is 98.2 Å². The van der Waals surface area contributed by atoms with Crippen molar-refractivity contribution in [1.29, 1.82) is 0 Å². The van der Waals surface area contributed by atoms with Crippen LogP contribution in [0.2, 0.25) is 0 Å². The molecule has 4 aromatic rings. The van der Waals surface area contributed by atoms with E-state index in [0.29, 0.717) is 36.8 Å². The number of nitrogens with one attached hydrogen (secondary N) is 1. The summed E-state index contributed by atoms with van der Waals surface area (Å²) in [4.78, 5) is 46.3. The second-order valence-electron chi connectivity index (χ2n) is 16.1. The number of rotatable bonds is 8. The highest BCUT2D eigenvalue weighted by Crippen LogP contribution is 2.48. The number of anilines is 2. The summed E-state index contributed by atoms with van der Waals surface area (Å²) in [6, 6.07) is 24.6. The molecule has 5 aliphatic heterocycles. The lowest BCUT2D eigenvalue weighted by Gasteiger charge is -2.40. The number of piperidine rings is 2. The monoisotopic (exact) mass is 773 g/mol. The summed E-state index contributed by atoms with van der Waals surface area (Å²) < 4.78 is 25.8. The molecule has 296 valence electrons. The maximum absolute atomic E-state index is 14.4. The third kappa shape index (κ3) is 7.27. The van der Waals surface area contributed by atoms with Crippen LogP contribution in [-0.2, 0) is 16.1 Å². The molecule has 2 unspecified atom stereocenters. The minimum Gasteiger partial charge on any atom is -0.508 e. The molecular formula is C45H48FN5O6. The largest absolute Gasteiger partial charge is 0.508 e. The minimum atomic E-state index is -0.602. The number of imide groups is 1. The number of hydrogen-bond donors (Lipinski definition) is 2. The van der Waals surface area contributed by atoms with Gasteiger partial charge >= 0.3 is 0 Å². The molecule has 3 saturated heterocycles. The molecule has 9 rings (SSSR count). The van der Waals surface area contributed by atoms with E-state index in [1.165, 1.54) is 18.9 Å². The molecule has 0 saturated carbocycles. The van der Waals surface area contributed by atoms with Crippen molar-refractivity contribution in [3.8, 4) is 17.2 Å². The maximum Gasteiger partial charge on any atom is 0.255 e. The van der Waals surface area contributed by atoms with Crippen molar-refractivity contribution in [3.05, 3.63) is 112 Å². The molecule has 4 aromatic carbocycles. The van der Waals surface area contributed by atoms with Gasteiger partial charge in [-0.1, -0.05) is 24.3 Å². The van der Waals surface area contributed by atoms with Gasteiger partial charge in [-0.25, -0.2) is 4.39 Å². The Morgan fingerprint density at radius 2 is 1.56 bits per heavy atom. The van der Waals surface area contributed by atoms with E-state index in [1.807, 2.05) is 24.3 Å². The van der Waals surface area contributed by atoms with Crippen molar-refractivity contribution >= 4 is 29.1 Å². The molecule has 0 bridgehead atoms. The summed E-state index contributed by atoms with van der Waals surface area (Å²) in [5, 5.41) is 12.6. The Balaban J connectivity index is 0.792. The van der Waals surface area contributed by atoms with Crippen molar-refractivity contribution in [2.45, 2.75) is 50.1 Å². The van der Waals surface area contributed by atoms with E-state index in [-0.39, 0.29) is 47.5 Å². The number of ether oxygens (including phenoxy) is 2. The average molecular weight is 774 g/mol. The SMILES string of the molecule is COc1cc(C2COc3cc(O)ccc3[C@H]2c2ccc(N3CCC(CN4CCN(c5ccc6c(c5)CN(C5CCC(=O)NC5=O)C6=O)CC4)CC3)cc2)ccc1F. The van der Waals surface area contributed by atoms with Gasteiger partial charge in [0.2, 0.25) is 11.8 Å². The van der Waals surface area contributed by atoms with Gasteiger partial charge in [0.1, 0.15) is 17.5 Å². The minimum absolute atomic E-state index is 0.0491. The van der Waals surface area contributed by atoms with Crippen LogP contribution in [0, 0.1) is 11.7 Å². The highest BCUT2D eigenvalue weighted by molar-refractivity contribution is 6.05. The van der Waals surface area contributed by atoms with E-state index in [2.05, 4.69) is 50.3 Å². The van der Waals surface area contributed by atoms with E-state index >= 15 is 0 Å². The average Bonchev–Trinajstić information content (AvgIpc) is 3.56. The first-order valence-corrected chi connectivity index (χ1v) is 20.1. The maximum atomic E-state index is 14.4. The Morgan fingerprint density at radius 3 is 2.32 bits per heavy atom. The smallest absolute Gasteiger partial charge is 0.255 e. The predicted octanol–water partition coefficient (Wildman–Crippen LogP) is 5.65. The predicted molar refractivity (Wildman–Crippen MR) is 214 cm³/mol. The van der Waals surface area contributed by atoms with Crippen molar-refractivity contribution in [2.24, 2.45) is 5.92 Å². The zero-order valence-corrected chi connectivity index (χ0v) is 32.2. The molecule has 3 amide bonds. The van der Waals surface area contributed by atoms with E-state index in [9.17, 15) is 23.9 Å². The molecule has 3 atom stereocenters. The molecule has 0 aromatic heterocycles. The standard InChI is InChI=1S/C45H48FN5O6/c1-56-41-23-30(4-11-38(41)46)37-27-57-40-24-34(52)8-10-36(40)43(37)29-2-5-32(6-3-29)49-16-14-28(15-17-49)25-48-18-20-50(21-19-48)33-7-9-35-31(22-33)26-51(45(35)55)39-12-13-42(53)47-44(39)54/h2-11,22-24,28,37,39,43,52H,12-21,25-27H2,1H3,(H,47,53,54)/t37?,39?,43-/m1/s1. The Kier molecular flexibility index (Phi) is 9.98. The van der Waals surface area contributed by atoms with Gasteiger partial charge in [0.15, 0.2) is 11.6 Å². The zero-order valence-electron chi connectivity index (χ0n) is 32.2. The number of methoxy groups -OCH3 is 1. The quantitative estimate of drug-likeness (QED) is 0.220. The molecule has 0 radical (unpaired) electrons. The number of aromatic hydroxyl groups is 1. The van der Waals surface area contributed by atoms with E-state index in [1.54, 1.807) is 23.1 Å². The number of benzene rings is 4. The van der Waals surface area contributed by atoms with E-state index in [4.69, 9.17) is 9.47 Å². The second-order valence-corrected chi connectivity index (χ2v) is 16.1. The third-order valence-corrected chi connectivity index (χ3v) is 12.7. The van der Waals surface area contributed by atoms with Gasteiger partial charge in [-0.15, -0.1) is 0 Å². The highest BCUT2D eigenvalue weighted by Gasteiger charge is 2.40. The molecule has 5 heterocycles. The number of phenols is 1. The van der Waals surface area contributed by atoms with Crippen molar-refractivity contribution in [2.75, 3.05) is 69.3 Å². The summed E-state index contributed by atoms with van der Waals surface area (Å²) in [6.45, 7) is 7.70. The Hall–Kier alpha value is -5.62. The molecule has 12 heteroatoms. The topological polar surface area (TPSA) is 115 Å². The van der Waals surface area contributed by atoms with Crippen LogP contribution in [0.4, 0.5) is 15.8 Å². The van der Waals surface area contributed by atoms with Crippen molar-refractivity contribution in [3.63, 3.8) is 0 Å². The van der Waals surface area contributed by atoms with Crippen LogP contribution in [0.1, 0.15) is 70.1 Å². The third-order valence-electron chi connectivity index (χ3n) is 12.7. The molecule has 0 spiro atoms. The number of amides is 3. The first-order valence-electron chi connectivity index (χ1n) is 20.1. The molecule has 5 aliphatic rings. The van der Waals surface area contributed by atoms with Crippen LogP contribution in [0.25, 0.3) is 0 Å². The molecule has 57 heavy (non-hydrogen) atoms.